The lowest BCUT2D eigenvalue weighted by Gasteiger charge is -2.32. The Morgan fingerprint density at radius 3 is 2.64 bits per heavy atom. The van der Waals surface area contributed by atoms with Crippen molar-refractivity contribution in [3.63, 3.8) is 0 Å². The minimum absolute atomic E-state index is 0. The number of nitrogens with zero attached hydrogens (tertiary/aromatic N) is 1. The molecule has 0 radical (unpaired) electrons. The zero-order chi connectivity index (χ0) is 16.9. The molecule has 0 spiro atoms. The molecule has 1 aromatic rings. The molecule has 2 aliphatic rings. The average molecular weight is 386 g/mol. The summed E-state index contributed by atoms with van der Waals surface area (Å²) in [6.45, 7) is 1.13. The zero-order valence-corrected chi connectivity index (χ0v) is 16.1. The van der Waals surface area contributed by atoms with E-state index in [0.717, 1.165) is 25.7 Å². The van der Waals surface area contributed by atoms with Crippen molar-refractivity contribution >= 4 is 35.6 Å². The molecule has 2 amide bonds. The summed E-state index contributed by atoms with van der Waals surface area (Å²) in [5.41, 5.74) is 5.93. The van der Waals surface area contributed by atoms with Crippen LogP contribution in [0.3, 0.4) is 0 Å². The molecule has 1 aromatic heterocycles. The molecule has 0 aromatic carbocycles. The normalized spacial score (nSPS) is 22.3. The predicted molar refractivity (Wildman–Crippen MR) is 103 cm³/mol. The molecule has 1 aliphatic heterocycles. The Kier molecular flexibility index (Phi) is 7.72. The Morgan fingerprint density at radius 2 is 2.00 bits per heavy atom. The minimum Gasteiger partial charge on any atom is -0.350 e. The van der Waals surface area contributed by atoms with Crippen molar-refractivity contribution in [2.24, 2.45) is 11.7 Å². The van der Waals surface area contributed by atoms with Crippen LogP contribution in [0.1, 0.15) is 54.6 Å². The molecule has 140 valence electrons. The number of hydrogen-bond donors (Lipinski definition) is 2. The van der Waals surface area contributed by atoms with Gasteiger partial charge in [-0.2, -0.15) is 0 Å². The number of rotatable bonds is 5. The first-order chi connectivity index (χ1) is 11.7. The third-order valence-corrected chi connectivity index (χ3v) is 6.21. The van der Waals surface area contributed by atoms with E-state index in [1.165, 1.54) is 30.6 Å². The van der Waals surface area contributed by atoms with Gasteiger partial charge >= 0.3 is 0 Å². The van der Waals surface area contributed by atoms with Crippen molar-refractivity contribution in [2.45, 2.75) is 57.0 Å². The van der Waals surface area contributed by atoms with Gasteiger partial charge in [0.15, 0.2) is 0 Å². The van der Waals surface area contributed by atoms with Gasteiger partial charge in [0.2, 0.25) is 5.91 Å². The summed E-state index contributed by atoms with van der Waals surface area (Å²) in [6.07, 6.45) is 7.65. The number of carbonyl (C=O) groups is 2. The van der Waals surface area contributed by atoms with Gasteiger partial charge in [-0.3, -0.25) is 9.59 Å². The van der Waals surface area contributed by atoms with Gasteiger partial charge in [-0.05, 0) is 43.0 Å². The van der Waals surface area contributed by atoms with Crippen molar-refractivity contribution in [2.75, 3.05) is 13.1 Å². The smallest absolute Gasteiger partial charge is 0.264 e. The Labute approximate surface area is 159 Å². The van der Waals surface area contributed by atoms with Gasteiger partial charge < -0.3 is 16.0 Å². The SMILES string of the molecule is Cl.NCC(NC(=O)C1CCCN1C(=O)c1cccs1)C1CCCCC1. The fourth-order valence-electron chi connectivity index (χ4n) is 4.01. The molecular formula is C18H28ClN3O2S. The number of thiophene rings is 1. The highest BCUT2D eigenvalue weighted by Crippen LogP contribution is 2.27. The van der Waals surface area contributed by atoms with Gasteiger partial charge in [-0.15, -0.1) is 23.7 Å². The van der Waals surface area contributed by atoms with Gasteiger partial charge in [-0.25, -0.2) is 0 Å². The predicted octanol–water partition coefficient (Wildman–Crippen LogP) is 2.80. The van der Waals surface area contributed by atoms with Gasteiger partial charge in [-0.1, -0.05) is 25.3 Å². The van der Waals surface area contributed by atoms with Crippen molar-refractivity contribution in [3.8, 4) is 0 Å². The van der Waals surface area contributed by atoms with Gasteiger partial charge in [0.1, 0.15) is 6.04 Å². The highest BCUT2D eigenvalue weighted by molar-refractivity contribution is 7.12. The standard InChI is InChI=1S/C18H27N3O2S.ClH/c19-12-14(13-6-2-1-3-7-13)20-17(22)15-8-4-10-21(15)18(23)16-9-5-11-24-16;/h5,9,11,13-15H,1-4,6-8,10,12,19H2,(H,20,22);1H. The summed E-state index contributed by atoms with van der Waals surface area (Å²) >= 11 is 1.43. The molecule has 2 atom stereocenters. The van der Waals surface area contributed by atoms with Crippen LogP contribution < -0.4 is 11.1 Å². The van der Waals surface area contributed by atoms with Gasteiger partial charge in [0.05, 0.1) is 4.88 Å². The Balaban J connectivity index is 0.00000225. The van der Waals surface area contributed by atoms with Crippen LogP contribution in [-0.2, 0) is 4.79 Å². The fraction of sp³-hybridized carbons (Fsp3) is 0.667. The van der Waals surface area contributed by atoms with E-state index in [9.17, 15) is 9.59 Å². The van der Waals surface area contributed by atoms with E-state index < -0.39 is 0 Å². The Hall–Kier alpha value is -1.11. The maximum absolute atomic E-state index is 12.8. The van der Waals surface area contributed by atoms with Crippen molar-refractivity contribution in [1.29, 1.82) is 0 Å². The van der Waals surface area contributed by atoms with E-state index in [2.05, 4.69) is 5.32 Å². The minimum atomic E-state index is -0.350. The number of halogens is 1. The Bertz CT molecular complexity index is 561. The second-order valence-corrected chi connectivity index (χ2v) is 7.83. The summed E-state index contributed by atoms with van der Waals surface area (Å²) in [7, 11) is 0. The molecule has 1 saturated heterocycles. The highest BCUT2D eigenvalue weighted by atomic mass is 35.5. The van der Waals surface area contributed by atoms with Crippen molar-refractivity contribution in [3.05, 3.63) is 22.4 Å². The van der Waals surface area contributed by atoms with E-state index in [0.29, 0.717) is 23.9 Å². The van der Waals surface area contributed by atoms with E-state index in [1.54, 1.807) is 4.90 Å². The molecule has 3 N–H and O–H groups in total. The fourth-order valence-corrected chi connectivity index (χ4v) is 4.69. The first kappa shape index (κ1) is 20.2. The number of amides is 2. The number of carbonyl (C=O) groups excluding carboxylic acids is 2. The molecule has 0 bridgehead atoms. The maximum atomic E-state index is 12.8. The lowest BCUT2D eigenvalue weighted by Crippen LogP contribution is -2.53. The lowest BCUT2D eigenvalue weighted by atomic mass is 9.84. The summed E-state index contributed by atoms with van der Waals surface area (Å²) < 4.78 is 0. The first-order valence-corrected chi connectivity index (χ1v) is 9.93. The highest BCUT2D eigenvalue weighted by Gasteiger charge is 2.36. The molecule has 25 heavy (non-hydrogen) atoms. The second-order valence-electron chi connectivity index (χ2n) is 6.88. The molecule has 1 aliphatic carbocycles. The van der Waals surface area contributed by atoms with Crippen LogP contribution in [0.4, 0.5) is 0 Å². The van der Waals surface area contributed by atoms with Gasteiger partial charge in [0.25, 0.3) is 5.91 Å². The summed E-state index contributed by atoms with van der Waals surface area (Å²) in [5.74, 6) is 0.429. The quantitative estimate of drug-likeness (QED) is 0.818. The molecule has 2 fully saturated rings. The summed E-state index contributed by atoms with van der Waals surface area (Å²) in [4.78, 5) is 27.8. The van der Waals surface area contributed by atoms with Crippen LogP contribution >= 0.6 is 23.7 Å². The van der Waals surface area contributed by atoms with Crippen LogP contribution in [0.25, 0.3) is 0 Å². The third-order valence-electron chi connectivity index (χ3n) is 5.35. The molecular weight excluding hydrogens is 358 g/mol. The van der Waals surface area contributed by atoms with Crippen LogP contribution in [0.5, 0.6) is 0 Å². The largest absolute Gasteiger partial charge is 0.350 e. The average Bonchev–Trinajstić information content (AvgIpc) is 3.31. The van der Waals surface area contributed by atoms with Gasteiger partial charge in [0, 0.05) is 19.1 Å². The molecule has 1 saturated carbocycles. The maximum Gasteiger partial charge on any atom is 0.264 e. The van der Waals surface area contributed by atoms with Crippen molar-refractivity contribution in [1.82, 2.24) is 10.2 Å². The molecule has 7 heteroatoms. The van der Waals surface area contributed by atoms with E-state index >= 15 is 0 Å². The second kappa shape index (κ2) is 9.55. The van der Waals surface area contributed by atoms with Crippen molar-refractivity contribution < 1.29 is 9.59 Å². The summed E-state index contributed by atoms with van der Waals surface area (Å²) in [6, 6.07) is 3.39. The topological polar surface area (TPSA) is 75.4 Å². The van der Waals surface area contributed by atoms with Crippen LogP contribution in [0.2, 0.25) is 0 Å². The van der Waals surface area contributed by atoms with E-state index in [4.69, 9.17) is 5.73 Å². The molecule has 2 heterocycles. The van der Waals surface area contributed by atoms with Crippen LogP contribution in [0.15, 0.2) is 17.5 Å². The lowest BCUT2D eigenvalue weighted by molar-refractivity contribution is -0.126. The molecule has 3 rings (SSSR count). The monoisotopic (exact) mass is 385 g/mol. The third kappa shape index (κ3) is 4.74. The summed E-state index contributed by atoms with van der Waals surface area (Å²) in [5, 5.41) is 5.05. The van der Waals surface area contributed by atoms with E-state index in [1.807, 2.05) is 17.5 Å². The van der Waals surface area contributed by atoms with Crippen LogP contribution in [-0.4, -0.2) is 41.9 Å². The first-order valence-electron chi connectivity index (χ1n) is 9.05. The van der Waals surface area contributed by atoms with Crippen LogP contribution in [0, 0.1) is 5.92 Å². The van der Waals surface area contributed by atoms with E-state index in [-0.39, 0.29) is 36.3 Å². The Morgan fingerprint density at radius 1 is 1.24 bits per heavy atom. The number of nitrogens with one attached hydrogen (secondary N) is 1. The zero-order valence-electron chi connectivity index (χ0n) is 14.5. The number of hydrogen-bond acceptors (Lipinski definition) is 4. The molecule has 5 nitrogen and oxygen atoms in total. The number of nitrogens with two attached hydrogens (primary N) is 1. The number of likely N-dealkylation sites (tertiary alicyclic amines) is 1. The molecule has 2 unspecified atom stereocenters.